The van der Waals surface area contributed by atoms with Crippen molar-refractivity contribution in [3.63, 3.8) is 0 Å². The second-order valence-corrected chi connectivity index (χ2v) is 5.27. The first kappa shape index (κ1) is 13.8. The molecule has 0 bridgehead atoms. The van der Waals surface area contributed by atoms with Crippen LogP contribution in [0.4, 0.5) is 0 Å². The number of aliphatic hydroxyl groups excluding tert-OH is 2. The third-order valence-electron chi connectivity index (χ3n) is 2.59. The largest absolute Gasteiger partial charge is 0.390 e. The zero-order valence-electron chi connectivity index (χ0n) is 9.88. The normalized spacial score (nSPS) is 34.8. The molecule has 6 heteroatoms. The van der Waals surface area contributed by atoms with Gasteiger partial charge in [-0.2, -0.15) is 0 Å². The van der Waals surface area contributed by atoms with E-state index in [4.69, 9.17) is 10.1 Å². The SMILES string of the molecule is CC[C@H]1O[C@H](SC(=N)N(C)C)C[C@@H](O)[C@@H]1O. The average molecular weight is 248 g/mol. The van der Waals surface area contributed by atoms with E-state index in [0.29, 0.717) is 18.0 Å². The van der Waals surface area contributed by atoms with Crippen molar-refractivity contribution >= 4 is 16.9 Å². The van der Waals surface area contributed by atoms with Crippen molar-refractivity contribution in [3.8, 4) is 0 Å². The molecule has 0 aliphatic carbocycles. The van der Waals surface area contributed by atoms with Gasteiger partial charge in [0.25, 0.3) is 0 Å². The molecule has 0 spiro atoms. The van der Waals surface area contributed by atoms with Gasteiger partial charge in [0.1, 0.15) is 11.5 Å². The Morgan fingerprint density at radius 2 is 2.12 bits per heavy atom. The molecule has 5 nitrogen and oxygen atoms in total. The van der Waals surface area contributed by atoms with Crippen molar-refractivity contribution in [2.45, 2.75) is 43.5 Å². The molecule has 1 aliphatic rings. The number of nitrogens with one attached hydrogen (secondary N) is 1. The lowest BCUT2D eigenvalue weighted by Crippen LogP contribution is -2.47. The maximum absolute atomic E-state index is 9.67. The molecule has 3 N–H and O–H groups in total. The van der Waals surface area contributed by atoms with E-state index in [0.717, 1.165) is 0 Å². The smallest absolute Gasteiger partial charge is 0.158 e. The molecule has 0 unspecified atom stereocenters. The Bertz CT molecular complexity index is 250. The minimum atomic E-state index is -0.810. The van der Waals surface area contributed by atoms with Crippen LogP contribution < -0.4 is 0 Å². The lowest BCUT2D eigenvalue weighted by Gasteiger charge is -2.36. The fourth-order valence-electron chi connectivity index (χ4n) is 1.56. The van der Waals surface area contributed by atoms with Gasteiger partial charge in [-0.3, -0.25) is 5.41 Å². The number of nitrogens with zero attached hydrogens (tertiary/aromatic N) is 1. The van der Waals surface area contributed by atoms with Crippen LogP contribution in [0.25, 0.3) is 0 Å². The summed E-state index contributed by atoms with van der Waals surface area (Å²) in [7, 11) is 3.58. The quantitative estimate of drug-likeness (QED) is 0.489. The van der Waals surface area contributed by atoms with E-state index in [-0.39, 0.29) is 11.5 Å². The summed E-state index contributed by atoms with van der Waals surface area (Å²) in [6.45, 7) is 1.91. The van der Waals surface area contributed by atoms with Crippen molar-refractivity contribution in [2.24, 2.45) is 0 Å². The molecule has 0 amide bonds. The summed E-state index contributed by atoms with van der Waals surface area (Å²) < 4.78 is 5.62. The molecule has 0 aromatic rings. The topological polar surface area (TPSA) is 76.8 Å². The predicted molar refractivity (Wildman–Crippen MR) is 64.6 cm³/mol. The number of hydrogen-bond donors (Lipinski definition) is 3. The molecule has 16 heavy (non-hydrogen) atoms. The maximum Gasteiger partial charge on any atom is 0.158 e. The van der Waals surface area contributed by atoms with E-state index in [1.165, 1.54) is 11.8 Å². The molecular formula is C10H20N2O3S. The molecule has 1 saturated heterocycles. The van der Waals surface area contributed by atoms with Gasteiger partial charge >= 0.3 is 0 Å². The molecule has 0 aromatic carbocycles. The Morgan fingerprint density at radius 3 is 2.62 bits per heavy atom. The average Bonchev–Trinajstić information content (AvgIpc) is 2.22. The van der Waals surface area contributed by atoms with E-state index in [1.807, 2.05) is 6.92 Å². The molecule has 0 aromatic heterocycles. The molecule has 0 radical (unpaired) electrons. The minimum absolute atomic E-state index is 0.252. The first-order valence-corrected chi connectivity index (χ1v) is 6.27. The fraction of sp³-hybridized carbons (Fsp3) is 0.900. The molecule has 94 valence electrons. The highest BCUT2D eigenvalue weighted by molar-refractivity contribution is 8.14. The number of ether oxygens (including phenoxy) is 1. The van der Waals surface area contributed by atoms with E-state index in [2.05, 4.69) is 0 Å². The van der Waals surface area contributed by atoms with Crippen LogP contribution in [0.15, 0.2) is 0 Å². The molecule has 4 atom stereocenters. The third kappa shape index (κ3) is 3.35. The Kier molecular flexibility index (Phi) is 5.04. The molecule has 1 heterocycles. The summed E-state index contributed by atoms with van der Waals surface area (Å²) in [5, 5.41) is 27.4. The summed E-state index contributed by atoms with van der Waals surface area (Å²) in [5.74, 6) is 0. The standard InChI is InChI=1S/C10H20N2O3S/c1-4-7-9(14)6(13)5-8(15-7)16-10(11)12(2)3/h6-9,11,13-14H,4-5H2,1-3H3/t6-,7-,8-,9+/m1/s1. The zero-order valence-corrected chi connectivity index (χ0v) is 10.7. The highest BCUT2D eigenvalue weighted by Gasteiger charge is 2.36. The Balaban J connectivity index is 2.53. The molecule has 1 aliphatic heterocycles. The van der Waals surface area contributed by atoms with Gasteiger partial charge in [-0.15, -0.1) is 0 Å². The van der Waals surface area contributed by atoms with Crippen LogP contribution >= 0.6 is 11.8 Å². The molecule has 1 rings (SSSR count). The van der Waals surface area contributed by atoms with Gasteiger partial charge in [0.05, 0.1) is 12.2 Å². The highest BCUT2D eigenvalue weighted by atomic mass is 32.2. The number of amidine groups is 1. The minimum Gasteiger partial charge on any atom is -0.390 e. The van der Waals surface area contributed by atoms with Crippen LogP contribution in [-0.4, -0.2) is 58.1 Å². The van der Waals surface area contributed by atoms with Crippen LogP contribution in [-0.2, 0) is 4.74 Å². The van der Waals surface area contributed by atoms with Gasteiger partial charge in [0.15, 0.2) is 5.17 Å². The summed E-state index contributed by atoms with van der Waals surface area (Å²) in [5.41, 5.74) is -0.252. The summed E-state index contributed by atoms with van der Waals surface area (Å²) in [6, 6.07) is 0. The van der Waals surface area contributed by atoms with Gasteiger partial charge < -0.3 is 19.8 Å². The number of thioether (sulfide) groups is 1. The zero-order chi connectivity index (χ0) is 12.3. The van der Waals surface area contributed by atoms with Crippen molar-refractivity contribution in [3.05, 3.63) is 0 Å². The maximum atomic E-state index is 9.67. The number of aliphatic hydroxyl groups is 2. The third-order valence-corrected chi connectivity index (χ3v) is 3.74. The van der Waals surface area contributed by atoms with Crippen LogP contribution in [0.2, 0.25) is 0 Å². The Labute approximate surface area is 100 Å². The van der Waals surface area contributed by atoms with Crippen molar-refractivity contribution < 1.29 is 14.9 Å². The number of rotatable bonds is 2. The van der Waals surface area contributed by atoms with Crippen LogP contribution in [0.1, 0.15) is 19.8 Å². The lowest BCUT2D eigenvalue weighted by molar-refractivity contribution is -0.145. The summed E-state index contributed by atoms with van der Waals surface area (Å²) >= 11 is 1.27. The monoisotopic (exact) mass is 248 g/mol. The second kappa shape index (κ2) is 5.86. The Morgan fingerprint density at radius 1 is 1.50 bits per heavy atom. The summed E-state index contributed by atoms with van der Waals surface area (Å²) in [6.07, 6.45) is -0.888. The van der Waals surface area contributed by atoms with E-state index < -0.39 is 12.2 Å². The molecule has 1 fully saturated rings. The molecular weight excluding hydrogens is 228 g/mol. The predicted octanol–water partition coefficient (Wildman–Crippen LogP) is 0.463. The lowest BCUT2D eigenvalue weighted by atomic mass is 10.0. The van der Waals surface area contributed by atoms with Gasteiger partial charge in [0.2, 0.25) is 0 Å². The van der Waals surface area contributed by atoms with Gasteiger partial charge in [-0.05, 0) is 6.42 Å². The van der Waals surface area contributed by atoms with Crippen molar-refractivity contribution in [2.75, 3.05) is 14.1 Å². The van der Waals surface area contributed by atoms with Crippen LogP contribution in [0.5, 0.6) is 0 Å². The van der Waals surface area contributed by atoms with Crippen molar-refractivity contribution in [1.82, 2.24) is 4.90 Å². The van der Waals surface area contributed by atoms with E-state index >= 15 is 0 Å². The van der Waals surface area contributed by atoms with Gasteiger partial charge in [0, 0.05) is 20.5 Å². The van der Waals surface area contributed by atoms with Gasteiger partial charge in [-0.1, -0.05) is 18.7 Å². The van der Waals surface area contributed by atoms with Crippen LogP contribution in [0, 0.1) is 5.41 Å². The van der Waals surface area contributed by atoms with Crippen molar-refractivity contribution in [1.29, 1.82) is 5.41 Å². The first-order valence-electron chi connectivity index (χ1n) is 5.39. The first-order chi connectivity index (χ1) is 7.45. The highest BCUT2D eigenvalue weighted by Crippen LogP contribution is 2.29. The second-order valence-electron chi connectivity index (χ2n) is 4.12. The number of hydrogen-bond acceptors (Lipinski definition) is 5. The van der Waals surface area contributed by atoms with E-state index in [1.54, 1.807) is 19.0 Å². The van der Waals surface area contributed by atoms with Gasteiger partial charge in [-0.25, -0.2) is 0 Å². The Hall–Kier alpha value is -0.300. The van der Waals surface area contributed by atoms with E-state index in [9.17, 15) is 10.2 Å². The fourth-order valence-corrected chi connectivity index (χ4v) is 2.51. The molecule has 0 saturated carbocycles. The summed E-state index contributed by atoms with van der Waals surface area (Å²) in [4.78, 5) is 1.69. The van der Waals surface area contributed by atoms with Crippen LogP contribution in [0.3, 0.4) is 0 Å².